The van der Waals surface area contributed by atoms with Crippen molar-refractivity contribution >= 4 is 17.7 Å². The molecule has 2 saturated heterocycles. The minimum Gasteiger partial charge on any atom is -0.465 e. The predicted molar refractivity (Wildman–Crippen MR) is 87.1 cm³/mol. The minimum atomic E-state index is -0.405. The molecule has 0 saturated carbocycles. The zero-order valence-corrected chi connectivity index (χ0v) is 13.7. The predicted octanol–water partition coefficient (Wildman–Crippen LogP) is 1.93. The van der Waals surface area contributed by atoms with Crippen LogP contribution in [0.3, 0.4) is 0 Å². The monoisotopic (exact) mass is 334 g/mol. The third kappa shape index (κ3) is 3.85. The number of amides is 2. The van der Waals surface area contributed by atoms with Crippen LogP contribution >= 0.6 is 0 Å². The van der Waals surface area contributed by atoms with Gasteiger partial charge in [-0.25, -0.2) is 9.59 Å². The lowest BCUT2D eigenvalue weighted by atomic mass is 9.90. The standard InChI is InChI=1S/C17H22N2O5/c1-22-15(20)12-2-4-13(5-3-12)18-16(21)19-14-6-8-24-17(10-14)7-9-23-11-17/h2-5,14H,6-11H2,1H3,(H2,18,19,21). The lowest BCUT2D eigenvalue weighted by Crippen LogP contribution is -2.49. The van der Waals surface area contributed by atoms with Gasteiger partial charge in [-0.1, -0.05) is 0 Å². The first-order chi connectivity index (χ1) is 11.6. The third-order valence-corrected chi connectivity index (χ3v) is 4.46. The van der Waals surface area contributed by atoms with E-state index in [2.05, 4.69) is 15.4 Å². The Hall–Kier alpha value is -2.12. The Balaban J connectivity index is 1.52. The molecule has 0 aromatic heterocycles. The summed E-state index contributed by atoms with van der Waals surface area (Å²) in [7, 11) is 1.33. The summed E-state index contributed by atoms with van der Waals surface area (Å²) in [4.78, 5) is 23.6. The van der Waals surface area contributed by atoms with Gasteiger partial charge in [0.25, 0.3) is 0 Å². The van der Waals surface area contributed by atoms with Crippen molar-refractivity contribution in [3.8, 4) is 0 Å². The van der Waals surface area contributed by atoms with Gasteiger partial charge in [-0.05, 0) is 37.1 Å². The van der Waals surface area contributed by atoms with Gasteiger partial charge in [0.1, 0.15) is 0 Å². The highest BCUT2D eigenvalue weighted by molar-refractivity contribution is 5.92. The second-order valence-corrected chi connectivity index (χ2v) is 6.19. The highest BCUT2D eigenvalue weighted by atomic mass is 16.6. The molecule has 2 unspecified atom stereocenters. The molecule has 2 heterocycles. The van der Waals surface area contributed by atoms with Gasteiger partial charge in [0.15, 0.2) is 0 Å². The average Bonchev–Trinajstić information content (AvgIpc) is 3.02. The van der Waals surface area contributed by atoms with Gasteiger partial charge in [-0.3, -0.25) is 0 Å². The lowest BCUT2D eigenvalue weighted by Gasteiger charge is -2.37. The Morgan fingerprint density at radius 3 is 2.71 bits per heavy atom. The number of carbonyl (C=O) groups excluding carboxylic acids is 2. The molecule has 2 fully saturated rings. The van der Waals surface area contributed by atoms with Crippen LogP contribution in [0, 0.1) is 0 Å². The van der Waals surface area contributed by atoms with E-state index in [1.54, 1.807) is 24.3 Å². The van der Waals surface area contributed by atoms with E-state index < -0.39 is 5.97 Å². The number of rotatable bonds is 3. The fourth-order valence-electron chi connectivity index (χ4n) is 3.17. The van der Waals surface area contributed by atoms with Crippen LogP contribution < -0.4 is 10.6 Å². The molecule has 2 aliphatic heterocycles. The Kier molecular flexibility index (Phi) is 5.01. The molecule has 24 heavy (non-hydrogen) atoms. The van der Waals surface area contributed by atoms with Gasteiger partial charge in [0, 0.05) is 31.4 Å². The van der Waals surface area contributed by atoms with Crippen LogP contribution in [0.4, 0.5) is 10.5 Å². The average molecular weight is 334 g/mol. The van der Waals surface area contributed by atoms with E-state index in [9.17, 15) is 9.59 Å². The van der Waals surface area contributed by atoms with Crippen molar-refractivity contribution in [2.24, 2.45) is 0 Å². The zero-order valence-electron chi connectivity index (χ0n) is 13.7. The summed E-state index contributed by atoms with van der Waals surface area (Å²) in [6.07, 6.45) is 2.43. The SMILES string of the molecule is COC(=O)c1ccc(NC(=O)NC2CCOC3(CCOC3)C2)cc1. The first-order valence-electron chi connectivity index (χ1n) is 8.08. The number of carbonyl (C=O) groups is 2. The molecular formula is C17H22N2O5. The van der Waals surface area contributed by atoms with Crippen molar-refractivity contribution in [3.05, 3.63) is 29.8 Å². The topological polar surface area (TPSA) is 85.9 Å². The quantitative estimate of drug-likeness (QED) is 0.825. The number of benzene rings is 1. The maximum atomic E-state index is 12.2. The maximum absolute atomic E-state index is 12.2. The van der Waals surface area contributed by atoms with E-state index >= 15 is 0 Å². The number of anilines is 1. The van der Waals surface area contributed by atoms with Crippen LogP contribution in [0.25, 0.3) is 0 Å². The van der Waals surface area contributed by atoms with Crippen LogP contribution in [0.2, 0.25) is 0 Å². The molecule has 2 aliphatic rings. The molecule has 2 atom stereocenters. The number of methoxy groups -OCH3 is 1. The van der Waals surface area contributed by atoms with Gasteiger partial charge >= 0.3 is 12.0 Å². The van der Waals surface area contributed by atoms with Gasteiger partial charge < -0.3 is 24.8 Å². The smallest absolute Gasteiger partial charge is 0.337 e. The molecule has 0 bridgehead atoms. The molecule has 1 aromatic rings. The molecule has 7 heteroatoms. The third-order valence-electron chi connectivity index (χ3n) is 4.46. The molecule has 1 aromatic carbocycles. The Morgan fingerprint density at radius 2 is 2.04 bits per heavy atom. The van der Waals surface area contributed by atoms with Crippen LogP contribution in [0.1, 0.15) is 29.6 Å². The first-order valence-corrected chi connectivity index (χ1v) is 8.08. The number of hydrogen-bond donors (Lipinski definition) is 2. The molecule has 130 valence electrons. The number of hydrogen-bond acceptors (Lipinski definition) is 5. The van der Waals surface area contributed by atoms with Crippen molar-refractivity contribution < 1.29 is 23.8 Å². The fourth-order valence-corrected chi connectivity index (χ4v) is 3.17. The normalized spacial score (nSPS) is 26.1. The molecule has 0 radical (unpaired) electrons. The van der Waals surface area contributed by atoms with E-state index in [0.29, 0.717) is 31.1 Å². The van der Waals surface area contributed by atoms with Crippen LogP contribution in [-0.2, 0) is 14.2 Å². The molecule has 1 spiro atoms. The van der Waals surface area contributed by atoms with Crippen molar-refractivity contribution in [2.75, 3.05) is 32.2 Å². The fraction of sp³-hybridized carbons (Fsp3) is 0.529. The molecular weight excluding hydrogens is 312 g/mol. The Morgan fingerprint density at radius 1 is 1.25 bits per heavy atom. The first kappa shape index (κ1) is 16.7. The van der Waals surface area contributed by atoms with Gasteiger partial charge in [-0.2, -0.15) is 0 Å². The summed E-state index contributed by atoms with van der Waals surface area (Å²) in [6.45, 7) is 1.94. The Bertz CT molecular complexity index is 596. The molecule has 0 aliphatic carbocycles. The van der Waals surface area contributed by atoms with Gasteiger partial charge in [0.05, 0.1) is 24.9 Å². The summed E-state index contributed by atoms with van der Waals surface area (Å²) in [6, 6.07) is 6.36. The summed E-state index contributed by atoms with van der Waals surface area (Å²) >= 11 is 0. The van der Waals surface area contributed by atoms with Crippen molar-refractivity contribution in [2.45, 2.75) is 30.9 Å². The van der Waals surface area contributed by atoms with Crippen LogP contribution in [0.5, 0.6) is 0 Å². The van der Waals surface area contributed by atoms with E-state index in [0.717, 1.165) is 19.3 Å². The largest absolute Gasteiger partial charge is 0.465 e. The molecule has 2 N–H and O–H groups in total. The summed E-state index contributed by atoms with van der Waals surface area (Å²) < 4.78 is 15.9. The van der Waals surface area contributed by atoms with Gasteiger partial charge in [0.2, 0.25) is 0 Å². The van der Waals surface area contributed by atoms with E-state index in [4.69, 9.17) is 9.47 Å². The number of esters is 1. The van der Waals surface area contributed by atoms with E-state index in [-0.39, 0.29) is 17.7 Å². The van der Waals surface area contributed by atoms with Crippen molar-refractivity contribution in [1.82, 2.24) is 5.32 Å². The number of urea groups is 1. The zero-order chi connectivity index (χ0) is 17.0. The molecule has 3 rings (SSSR count). The number of ether oxygens (including phenoxy) is 3. The van der Waals surface area contributed by atoms with Crippen molar-refractivity contribution in [1.29, 1.82) is 0 Å². The molecule has 7 nitrogen and oxygen atoms in total. The highest BCUT2D eigenvalue weighted by Crippen LogP contribution is 2.32. The number of nitrogens with one attached hydrogen (secondary N) is 2. The van der Waals surface area contributed by atoms with Crippen molar-refractivity contribution in [3.63, 3.8) is 0 Å². The summed E-state index contributed by atoms with van der Waals surface area (Å²) in [5.41, 5.74) is 0.820. The van der Waals surface area contributed by atoms with Crippen LogP contribution in [0.15, 0.2) is 24.3 Å². The minimum absolute atomic E-state index is 0.0646. The second kappa shape index (κ2) is 7.19. The van der Waals surface area contributed by atoms with Gasteiger partial charge in [-0.15, -0.1) is 0 Å². The van der Waals surface area contributed by atoms with Crippen LogP contribution in [-0.4, -0.2) is 50.6 Å². The van der Waals surface area contributed by atoms with E-state index in [1.165, 1.54) is 7.11 Å². The molecule has 2 amide bonds. The summed E-state index contributed by atoms with van der Waals surface area (Å²) in [5.74, 6) is -0.405. The maximum Gasteiger partial charge on any atom is 0.337 e. The second-order valence-electron chi connectivity index (χ2n) is 6.19. The van der Waals surface area contributed by atoms with E-state index in [1.807, 2.05) is 0 Å². The highest BCUT2D eigenvalue weighted by Gasteiger charge is 2.41. The Labute approximate surface area is 140 Å². The lowest BCUT2D eigenvalue weighted by molar-refractivity contribution is -0.0877. The summed E-state index contributed by atoms with van der Waals surface area (Å²) in [5, 5.41) is 5.77.